The molecule has 1 N–H and O–H groups in total. The van der Waals surface area contributed by atoms with E-state index in [9.17, 15) is 20.0 Å². The van der Waals surface area contributed by atoms with Gasteiger partial charge in [0, 0.05) is 11.8 Å². The third-order valence-electron chi connectivity index (χ3n) is 7.52. The van der Waals surface area contributed by atoms with Crippen LogP contribution in [0.5, 0.6) is 17.2 Å². The minimum atomic E-state index is -1.04. The SMILES string of the molecule is COc1ccccc1[C@@H]1C(C(=O)O)[C@@H](c2ccccc2OC)C1C(=O)Oc1cc(-c2ccccc2)ccc1C#N. The molecule has 5 rings (SSSR count). The summed E-state index contributed by atoms with van der Waals surface area (Å²) in [6, 6.07) is 30.9. The Morgan fingerprint density at radius 1 is 0.700 bits per heavy atom. The van der Waals surface area contributed by atoms with Crippen LogP contribution in [0.3, 0.4) is 0 Å². The van der Waals surface area contributed by atoms with Gasteiger partial charge in [-0.25, -0.2) is 0 Å². The van der Waals surface area contributed by atoms with Gasteiger partial charge < -0.3 is 19.3 Å². The molecule has 0 saturated heterocycles. The molecule has 1 saturated carbocycles. The van der Waals surface area contributed by atoms with Gasteiger partial charge in [0.25, 0.3) is 0 Å². The summed E-state index contributed by atoms with van der Waals surface area (Å²) in [4.78, 5) is 26.7. The molecule has 4 aromatic rings. The molecule has 4 aromatic carbocycles. The van der Waals surface area contributed by atoms with Gasteiger partial charge in [-0.2, -0.15) is 5.26 Å². The minimum Gasteiger partial charge on any atom is -0.496 e. The van der Waals surface area contributed by atoms with Crippen molar-refractivity contribution >= 4 is 11.9 Å². The molecule has 7 nitrogen and oxygen atoms in total. The Morgan fingerprint density at radius 3 is 1.77 bits per heavy atom. The van der Waals surface area contributed by atoms with Gasteiger partial charge in [0.2, 0.25) is 0 Å². The number of para-hydroxylation sites is 2. The van der Waals surface area contributed by atoms with E-state index in [1.165, 1.54) is 14.2 Å². The number of carbonyl (C=O) groups excluding carboxylic acids is 1. The van der Waals surface area contributed by atoms with E-state index in [0.29, 0.717) is 22.6 Å². The van der Waals surface area contributed by atoms with Gasteiger partial charge >= 0.3 is 11.9 Å². The normalized spacial score (nSPS) is 19.5. The van der Waals surface area contributed by atoms with Gasteiger partial charge in [-0.3, -0.25) is 9.59 Å². The van der Waals surface area contributed by atoms with Crippen LogP contribution in [-0.4, -0.2) is 31.3 Å². The molecular formula is C33H27NO6. The largest absolute Gasteiger partial charge is 0.496 e. The van der Waals surface area contributed by atoms with Gasteiger partial charge in [0.15, 0.2) is 0 Å². The first-order valence-corrected chi connectivity index (χ1v) is 12.8. The van der Waals surface area contributed by atoms with Gasteiger partial charge in [0.05, 0.1) is 31.6 Å². The Morgan fingerprint density at radius 2 is 1.25 bits per heavy atom. The van der Waals surface area contributed by atoms with Crippen LogP contribution in [0.2, 0.25) is 0 Å². The van der Waals surface area contributed by atoms with Gasteiger partial charge in [0.1, 0.15) is 23.3 Å². The Hall–Kier alpha value is -5.09. The molecule has 40 heavy (non-hydrogen) atoms. The molecule has 0 amide bonds. The van der Waals surface area contributed by atoms with E-state index < -0.39 is 35.6 Å². The summed E-state index contributed by atoms with van der Waals surface area (Å²) in [5.74, 6) is -3.90. The van der Waals surface area contributed by atoms with Crippen molar-refractivity contribution in [2.45, 2.75) is 11.8 Å². The van der Waals surface area contributed by atoms with Crippen molar-refractivity contribution in [2.24, 2.45) is 11.8 Å². The molecule has 0 unspecified atom stereocenters. The molecule has 1 aliphatic rings. The van der Waals surface area contributed by atoms with Crippen LogP contribution in [0.15, 0.2) is 97.1 Å². The summed E-state index contributed by atoms with van der Waals surface area (Å²) in [7, 11) is 3.01. The lowest BCUT2D eigenvalue weighted by Crippen LogP contribution is -2.52. The fraction of sp³-hybridized carbons (Fsp3) is 0.182. The predicted molar refractivity (Wildman–Crippen MR) is 148 cm³/mol. The molecular weight excluding hydrogens is 506 g/mol. The van der Waals surface area contributed by atoms with E-state index in [-0.39, 0.29) is 11.3 Å². The number of rotatable bonds is 8. The second-order valence-corrected chi connectivity index (χ2v) is 9.54. The lowest BCUT2D eigenvalue weighted by Gasteiger charge is -2.49. The van der Waals surface area contributed by atoms with Crippen LogP contribution in [0.1, 0.15) is 28.5 Å². The summed E-state index contributed by atoms with van der Waals surface area (Å²) in [6.45, 7) is 0. The number of carboxylic acid groups (broad SMARTS) is 1. The zero-order valence-electron chi connectivity index (χ0n) is 22.0. The highest BCUT2D eigenvalue weighted by atomic mass is 16.5. The van der Waals surface area contributed by atoms with Gasteiger partial charge in [-0.15, -0.1) is 0 Å². The first-order chi connectivity index (χ1) is 19.5. The Labute approximate surface area is 232 Å². The monoisotopic (exact) mass is 533 g/mol. The van der Waals surface area contributed by atoms with Gasteiger partial charge in [-0.05, 0) is 46.5 Å². The highest BCUT2D eigenvalue weighted by molar-refractivity contribution is 5.87. The summed E-state index contributed by atoms with van der Waals surface area (Å²) in [6.07, 6.45) is 0. The molecule has 0 aliphatic heterocycles. The Balaban J connectivity index is 1.60. The average molecular weight is 534 g/mol. The van der Waals surface area contributed by atoms with Gasteiger partial charge in [-0.1, -0.05) is 72.8 Å². The second-order valence-electron chi connectivity index (χ2n) is 9.54. The van der Waals surface area contributed by atoms with Crippen molar-refractivity contribution in [3.05, 3.63) is 114 Å². The van der Waals surface area contributed by atoms with Crippen molar-refractivity contribution in [2.75, 3.05) is 14.2 Å². The van der Waals surface area contributed by atoms with Crippen molar-refractivity contribution in [3.63, 3.8) is 0 Å². The first-order valence-electron chi connectivity index (χ1n) is 12.8. The molecule has 0 heterocycles. The number of benzene rings is 4. The molecule has 0 aromatic heterocycles. The van der Waals surface area contributed by atoms with Crippen molar-refractivity contribution in [1.29, 1.82) is 5.26 Å². The number of ether oxygens (including phenoxy) is 3. The van der Waals surface area contributed by atoms with Crippen LogP contribution in [0.4, 0.5) is 0 Å². The molecule has 0 radical (unpaired) electrons. The van der Waals surface area contributed by atoms with E-state index in [4.69, 9.17) is 14.2 Å². The smallest absolute Gasteiger partial charge is 0.315 e. The maximum absolute atomic E-state index is 14.0. The molecule has 1 fully saturated rings. The quantitative estimate of drug-likeness (QED) is 0.217. The molecule has 0 spiro atoms. The fourth-order valence-corrected chi connectivity index (χ4v) is 5.69. The Bertz CT molecular complexity index is 1540. The first kappa shape index (κ1) is 26.5. The molecule has 0 bridgehead atoms. The van der Waals surface area contributed by atoms with Crippen molar-refractivity contribution < 1.29 is 28.9 Å². The summed E-state index contributed by atoms with van der Waals surface area (Å²) < 4.78 is 17.0. The number of carbonyl (C=O) groups is 2. The van der Waals surface area contributed by atoms with E-state index in [0.717, 1.165) is 11.1 Å². The predicted octanol–water partition coefficient (Wildman–Crippen LogP) is 6.05. The lowest BCUT2D eigenvalue weighted by atomic mass is 9.52. The highest BCUT2D eigenvalue weighted by Gasteiger charge is 2.60. The zero-order valence-corrected chi connectivity index (χ0v) is 22.0. The van der Waals surface area contributed by atoms with E-state index in [2.05, 4.69) is 6.07 Å². The van der Waals surface area contributed by atoms with E-state index in [1.807, 2.05) is 30.3 Å². The fourth-order valence-electron chi connectivity index (χ4n) is 5.69. The van der Waals surface area contributed by atoms with E-state index in [1.54, 1.807) is 66.7 Å². The zero-order chi connectivity index (χ0) is 28.2. The van der Waals surface area contributed by atoms with Crippen molar-refractivity contribution in [3.8, 4) is 34.4 Å². The second kappa shape index (κ2) is 11.3. The topological polar surface area (TPSA) is 106 Å². The van der Waals surface area contributed by atoms with Crippen LogP contribution >= 0.6 is 0 Å². The molecule has 200 valence electrons. The highest BCUT2D eigenvalue weighted by Crippen LogP contribution is 2.60. The number of nitrogens with zero attached hydrogens (tertiary/aromatic N) is 1. The third kappa shape index (κ3) is 4.76. The maximum Gasteiger partial charge on any atom is 0.315 e. The van der Waals surface area contributed by atoms with E-state index >= 15 is 0 Å². The molecule has 2 atom stereocenters. The van der Waals surface area contributed by atoms with Crippen LogP contribution in [0, 0.1) is 23.2 Å². The lowest BCUT2D eigenvalue weighted by molar-refractivity contribution is -0.158. The third-order valence-corrected chi connectivity index (χ3v) is 7.52. The number of esters is 1. The number of aliphatic carboxylic acids is 1. The molecule has 7 heteroatoms. The number of carboxylic acids is 1. The summed E-state index contributed by atoms with van der Waals surface area (Å²) in [5.41, 5.74) is 3.08. The number of hydrogen-bond acceptors (Lipinski definition) is 6. The number of hydrogen-bond donors (Lipinski definition) is 1. The van der Waals surface area contributed by atoms with Crippen LogP contribution < -0.4 is 14.2 Å². The van der Waals surface area contributed by atoms with Crippen molar-refractivity contribution in [1.82, 2.24) is 0 Å². The maximum atomic E-state index is 14.0. The number of nitriles is 1. The van der Waals surface area contributed by atoms with Crippen LogP contribution in [0.25, 0.3) is 11.1 Å². The standard InChI is InChI=1S/C33H27NO6/c1-38-25-14-8-6-12-23(25)28-30(32(35)36)29(24-13-7-9-15-26(24)39-2)31(28)33(37)40-27-18-21(16-17-22(27)19-34)20-10-4-3-5-11-20/h3-18,28-31H,1-2H3,(H,35,36)/t28-,29-,30?,31?/m1/s1. The summed E-state index contributed by atoms with van der Waals surface area (Å²) >= 11 is 0. The van der Waals surface area contributed by atoms with Crippen LogP contribution in [-0.2, 0) is 9.59 Å². The minimum absolute atomic E-state index is 0.116. The number of methoxy groups -OCH3 is 2. The summed E-state index contributed by atoms with van der Waals surface area (Å²) in [5, 5.41) is 20.1. The Kier molecular flexibility index (Phi) is 7.52. The molecule has 1 aliphatic carbocycles. The average Bonchev–Trinajstić information content (AvgIpc) is 2.97.